The van der Waals surface area contributed by atoms with Crippen LogP contribution >= 0.6 is 0 Å². The lowest BCUT2D eigenvalue weighted by molar-refractivity contribution is -0.157. The monoisotopic (exact) mass is 185 g/mol. The first-order valence-corrected chi connectivity index (χ1v) is 4.78. The summed E-state index contributed by atoms with van der Waals surface area (Å²) < 4.78 is 5.23. The molecule has 1 rings (SSSR count). The van der Waals surface area contributed by atoms with Crippen molar-refractivity contribution in [2.45, 2.75) is 51.7 Å². The fraction of sp³-hybridized carbons (Fsp3) is 0.900. The first kappa shape index (κ1) is 10.5. The first-order chi connectivity index (χ1) is 5.81. The van der Waals surface area contributed by atoms with Gasteiger partial charge in [-0.3, -0.25) is 4.79 Å². The molecule has 0 aromatic carbocycles. The van der Waals surface area contributed by atoms with Gasteiger partial charge in [-0.15, -0.1) is 0 Å². The van der Waals surface area contributed by atoms with Gasteiger partial charge in [0, 0.05) is 5.54 Å². The smallest absolute Gasteiger partial charge is 0.308 e. The molecule has 0 amide bonds. The largest absolute Gasteiger partial charge is 0.460 e. The lowest BCUT2D eigenvalue weighted by atomic mass is 9.87. The van der Waals surface area contributed by atoms with Gasteiger partial charge in [-0.25, -0.2) is 0 Å². The van der Waals surface area contributed by atoms with Gasteiger partial charge < -0.3 is 10.1 Å². The van der Waals surface area contributed by atoms with E-state index in [2.05, 4.69) is 12.2 Å². The molecular weight excluding hydrogens is 166 g/mol. The quantitative estimate of drug-likeness (QED) is 0.662. The lowest BCUT2D eigenvalue weighted by Gasteiger charge is -2.39. The summed E-state index contributed by atoms with van der Waals surface area (Å²) >= 11 is 0. The Hall–Kier alpha value is -0.570. The Morgan fingerprint density at radius 3 is 2.38 bits per heavy atom. The van der Waals surface area contributed by atoms with Gasteiger partial charge in [-0.05, 0) is 40.7 Å². The lowest BCUT2D eigenvalue weighted by Crippen LogP contribution is -2.56. The van der Waals surface area contributed by atoms with Crippen LogP contribution in [0.5, 0.6) is 0 Å². The van der Waals surface area contributed by atoms with E-state index in [-0.39, 0.29) is 17.1 Å². The van der Waals surface area contributed by atoms with E-state index in [1.807, 2.05) is 20.8 Å². The highest BCUT2D eigenvalue weighted by molar-refractivity contribution is 5.71. The molecule has 1 aliphatic heterocycles. The second kappa shape index (κ2) is 3.29. The van der Waals surface area contributed by atoms with E-state index in [4.69, 9.17) is 4.74 Å². The third-order valence-corrected chi connectivity index (χ3v) is 2.18. The normalized spacial score (nSPS) is 28.0. The average molecular weight is 185 g/mol. The first-order valence-electron chi connectivity index (χ1n) is 4.78. The van der Waals surface area contributed by atoms with Gasteiger partial charge in [-0.1, -0.05) is 0 Å². The summed E-state index contributed by atoms with van der Waals surface area (Å²) in [5.41, 5.74) is -0.375. The Bertz CT molecular complexity index is 201. The number of rotatable bonds is 2. The van der Waals surface area contributed by atoms with Crippen LogP contribution in [-0.4, -0.2) is 23.7 Å². The molecule has 1 atom stereocenters. The van der Waals surface area contributed by atoms with Crippen molar-refractivity contribution < 1.29 is 9.53 Å². The summed E-state index contributed by atoms with van der Waals surface area (Å²) in [5, 5.41) is 3.24. The summed E-state index contributed by atoms with van der Waals surface area (Å²) in [6, 6.07) is 0. The molecule has 0 radical (unpaired) electrons. The van der Waals surface area contributed by atoms with E-state index in [0.29, 0.717) is 6.42 Å². The standard InChI is InChI=1S/C10H19NO2/c1-9(2,3)13-8(12)7-10(4)5-6-11-10/h11H,5-7H2,1-4H3. The van der Waals surface area contributed by atoms with Crippen molar-refractivity contribution in [2.24, 2.45) is 0 Å². The molecule has 1 fully saturated rings. The number of nitrogens with one attached hydrogen (secondary N) is 1. The third-order valence-electron chi connectivity index (χ3n) is 2.18. The van der Waals surface area contributed by atoms with Gasteiger partial charge in [0.05, 0.1) is 6.42 Å². The van der Waals surface area contributed by atoms with Gasteiger partial charge in [0.1, 0.15) is 5.60 Å². The van der Waals surface area contributed by atoms with Crippen LogP contribution in [0.25, 0.3) is 0 Å². The topological polar surface area (TPSA) is 38.3 Å². The van der Waals surface area contributed by atoms with Crippen molar-refractivity contribution in [2.75, 3.05) is 6.54 Å². The molecule has 0 spiro atoms. The van der Waals surface area contributed by atoms with Crippen LogP contribution in [0.3, 0.4) is 0 Å². The maximum Gasteiger partial charge on any atom is 0.308 e. The maximum absolute atomic E-state index is 11.4. The minimum Gasteiger partial charge on any atom is -0.460 e. The van der Waals surface area contributed by atoms with Crippen molar-refractivity contribution in [3.8, 4) is 0 Å². The van der Waals surface area contributed by atoms with E-state index < -0.39 is 0 Å². The maximum atomic E-state index is 11.4. The van der Waals surface area contributed by atoms with Crippen molar-refractivity contribution in [1.82, 2.24) is 5.32 Å². The average Bonchev–Trinajstić information content (AvgIpc) is 1.79. The fourth-order valence-corrected chi connectivity index (χ4v) is 1.40. The van der Waals surface area contributed by atoms with E-state index in [1.165, 1.54) is 0 Å². The molecule has 1 aliphatic rings. The Kier molecular flexibility index (Phi) is 2.66. The van der Waals surface area contributed by atoms with Crippen LogP contribution in [0, 0.1) is 0 Å². The number of ether oxygens (including phenoxy) is 1. The molecule has 3 heteroatoms. The van der Waals surface area contributed by atoms with Gasteiger partial charge in [0.15, 0.2) is 0 Å². The molecule has 1 unspecified atom stereocenters. The van der Waals surface area contributed by atoms with E-state index in [0.717, 1.165) is 13.0 Å². The van der Waals surface area contributed by atoms with Crippen molar-refractivity contribution in [3.63, 3.8) is 0 Å². The van der Waals surface area contributed by atoms with Crippen molar-refractivity contribution in [1.29, 1.82) is 0 Å². The third kappa shape index (κ3) is 3.35. The molecule has 76 valence electrons. The van der Waals surface area contributed by atoms with Gasteiger partial charge in [0.2, 0.25) is 0 Å². The molecule has 1 heterocycles. The summed E-state index contributed by atoms with van der Waals surface area (Å²) in [5.74, 6) is -0.109. The molecule has 3 nitrogen and oxygen atoms in total. The SMILES string of the molecule is CC1(CC(=O)OC(C)(C)C)CCN1. The Morgan fingerprint density at radius 2 is 2.08 bits per heavy atom. The van der Waals surface area contributed by atoms with Gasteiger partial charge >= 0.3 is 5.97 Å². The fourth-order valence-electron chi connectivity index (χ4n) is 1.40. The highest BCUT2D eigenvalue weighted by Crippen LogP contribution is 2.23. The van der Waals surface area contributed by atoms with Gasteiger partial charge in [0.25, 0.3) is 0 Å². The number of hydrogen-bond donors (Lipinski definition) is 1. The second-order valence-electron chi connectivity index (χ2n) is 5.00. The highest BCUT2D eigenvalue weighted by atomic mass is 16.6. The summed E-state index contributed by atoms with van der Waals surface area (Å²) in [6.07, 6.45) is 1.54. The summed E-state index contributed by atoms with van der Waals surface area (Å²) in [7, 11) is 0. The van der Waals surface area contributed by atoms with Crippen LogP contribution in [-0.2, 0) is 9.53 Å². The van der Waals surface area contributed by atoms with Gasteiger partial charge in [-0.2, -0.15) is 0 Å². The predicted octanol–water partition coefficient (Wildman–Crippen LogP) is 1.47. The van der Waals surface area contributed by atoms with Crippen LogP contribution < -0.4 is 5.32 Å². The molecule has 0 bridgehead atoms. The van der Waals surface area contributed by atoms with E-state index in [9.17, 15) is 4.79 Å². The van der Waals surface area contributed by atoms with E-state index in [1.54, 1.807) is 0 Å². The van der Waals surface area contributed by atoms with Crippen molar-refractivity contribution in [3.05, 3.63) is 0 Å². The minimum atomic E-state index is -0.364. The summed E-state index contributed by atoms with van der Waals surface area (Å²) in [6.45, 7) is 8.74. The Balaban J connectivity index is 2.33. The van der Waals surface area contributed by atoms with E-state index >= 15 is 0 Å². The number of hydrogen-bond acceptors (Lipinski definition) is 3. The molecule has 1 saturated heterocycles. The van der Waals surface area contributed by atoms with Crippen LogP contribution in [0.4, 0.5) is 0 Å². The molecule has 13 heavy (non-hydrogen) atoms. The van der Waals surface area contributed by atoms with Crippen LogP contribution in [0.1, 0.15) is 40.5 Å². The molecular formula is C10H19NO2. The molecule has 0 saturated carbocycles. The molecule has 0 aromatic heterocycles. The molecule has 1 N–H and O–H groups in total. The number of esters is 1. The molecule has 0 aliphatic carbocycles. The van der Waals surface area contributed by atoms with Crippen LogP contribution in [0.15, 0.2) is 0 Å². The molecule has 0 aromatic rings. The second-order valence-corrected chi connectivity index (χ2v) is 5.00. The predicted molar refractivity (Wildman–Crippen MR) is 51.5 cm³/mol. The Morgan fingerprint density at radius 1 is 1.54 bits per heavy atom. The Labute approximate surface area is 79.8 Å². The van der Waals surface area contributed by atoms with Crippen molar-refractivity contribution >= 4 is 5.97 Å². The number of carbonyl (C=O) groups is 1. The zero-order chi connectivity index (χ0) is 10.1. The zero-order valence-corrected chi connectivity index (χ0v) is 8.94. The summed E-state index contributed by atoms with van der Waals surface area (Å²) in [4.78, 5) is 11.4. The van der Waals surface area contributed by atoms with Crippen LogP contribution in [0.2, 0.25) is 0 Å². The minimum absolute atomic E-state index is 0.0116. The number of carbonyl (C=O) groups excluding carboxylic acids is 1. The highest BCUT2D eigenvalue weighted by Gasteiger charge is 2.34. The zero-order valence-electron chi connectivity index (χ0n) is 8.94.